The molecule has 0 aliphatic carbocycles. The minimum Gasteiger partial charge on any atom is -0.493 e. The molecule has 8 heteroatoms. The maximum Gasteiger partial charge on any atom is 0.203 e. The number of ether oxygens (including phenoxy) is 5. The van der Waals surface area contributed by atoms with Gasteiger partial charge < -0.3 is 23.7 Å². The zero-order valence-electron chi connectivity index (χ0n) is 18.0. The van der Waals surface area contributed by atoms with Gasteiger partial charge in [0.15, 0.2) is 11.5 Å². The number of hydrogen-bond donors (Lipinski definition) is 0. The van der Waals surface area contributed by atoms with E-state index in [0.717, 1.165) is 23.3 Å². The lowest BCUT2D eigenvalue weighted by molar-refractivity contribution is -0.0178. The highest BCUT2D eigenvalue weighted by atomic mass is 35.5. The van der Waals surface area contributed by atoms with E-state index in [9.17, 15) is 0 Å². The Morgan fingerprint density at radius 3 is 2.27 bits per heavy atom. The van der Waals surface area contributed by atoms with Crippen LogP contribution >= 0.6 is 24.0 Å². The van der Waals surface area contributed by atoms with Crippen LogP contribution < -0.4 is 18.9 Å². The molecule has 0 saturated heterocycles. The van der Waals surface area contributed by atoms with Crippen molar-refractivity contribution < 1.29 is 23.7 Å². The molecule has 0 saturated carbocycles. The Balaban J connectivity index is 0.00000320. The Kier molecular flexibility index (Phi) is 8.50. The molecule has 30 heavy (non-hydrogen) atoms. The van der Waals surface area contributed by atoms with E-state index in [-0.39, 0.29) is 17.9 Å². The first-order valence-electron chi connectivity index (χ1n) is 9.42. The highest BCUT2D eigenvalue weighted by Gasteiger charge is 2.40. The van der Waals surface area contributed by atoms with Crippen LogP contribution in [0.5, 0.6) is 23.0 Å². The van der Waals surface area contributed by atoms with E-state index in [0.29, 0.717) is 42.1 Å². The standard InChI is InChI=1S/C22H28ClNO5.ClH/c1-24(2)22(8-9-29-18-7-6-16(23)12-17(18)22)14-28-13-15-10-19(25-3)21(27-5)20(11-15)26-4;/h6-7,10-12H,8-9,13-14H2,1-5H3;1H. The number of likely N-dealkylation sites (N-methyl/N-ethyl adjacent to an activating group) is 1. The van der Waals surface area contributed by atoms with Crippen LogP contribution in [0.2, 0.25) is 5.02 Å². The van der Waals surface area contributed by atoms with E-state index in [1.165, 1.54) is 0 Å². The first-order chi connectivity index (χ1) is 13.9. The van der Waals surface area contributed by atoms with Crippen molar-refractivity contribution in [3.63, 3.8) is 0 Å². The van der Waals surface area contributed by atoms with Crippen molar-refractivity contribution in [3.8, 4) is 23.0 Å². The zero-order valence-corrected chi connectivity index (χ0v) is 19.6. The number of nitrogens with zero attached hydrogens (tertiary/aromatic N) is 1. The smallest absolute Gasteiger partial charge is 0.203 e. The van der Waals surface area contributed by atoms with Crippen molar-refractivity contribution in [1.29, 1.82) is 0 Å². The third-order valence-corrected chi connectivity index (χ3v) is 5.64. The molecular formula is C22H29Cl2NO5. The van der Waals surface area contributed by atoms with Crippen LogP contribution in [0.1, 0.15) is 17.5 Å². The number of methoxy groups -OCH3 is 3. The second kappa shape index (κ2) is 10.4. The molecule has 0 fully saturated rings. The average molecular weight is 458 g/mol. The van der Waals surface area contributed by atoms with Crippen LogP contribution in [0.15, 0.2) is 30.3 Å². The van der Waals surface area contributed by atoms with Crippen molar-refractivity contribution in [2.75, 3.05) is 48.6 Å². The fourth-order valence-corrected chi connectivity index (χ4v) is 3.93. The summed E-state index contributed by atoms with van der Waals surface area (Å²) >= 11 is 6.28. The van der Waals surface area contributed by atoms with Gasteiger partial charge >= 0.3 is 0 Å². The summed E-state index contributed by atoms with van der Waals surface area (Å²) in [5.41, 5.74) is 1.66. The molecule has 2 aromatic rings. The van der Waals surface area contributed by atoms with Crippen molar-refractivity contribution in [2.45, 2.75) is 18.6 Å². The predicted octanol–water partition coefficient (Wildman–Crippen LogP) is 4.54. The van der Waals surface area contributed by atoms with Crippen molar-refractivity contribution in [3.05, 3.63) is 46.5 Å². The van der Waals surface area contributed by atoms with Crippen LogP contribution in [0.4, 0.5) is 0 Å². The highest BCUT2D eigenvalue weighted by molar-refractivity contribution is 6.30. The largest absolute Gasteiger partial charge is 0.493 e. The van der Waals surface area contributed by atoms with Gasteiger partial charge in [-0.2, -0.15) is 0 Å². The second-order valence-corrected chi connectivity index (χ2v) is 7.63. The van der Waals surface area contributed by atoms with Crippen LogP contribution in [0, 0.1) is 0 Å². The Bertz CT molecular complexity index is 836. The Morgan fingerprint density at radius 1 is 1.03 bits per heavy atom. The molecule has 1 aliphatic heterocycles. The summed E-state index contributed by atoms with van der Waals surface area (Å²) < 4.78 is 28.3. The lowest BCUT2D eigenvalue weighted by Crippen LogP contribution is -2.48. The number of hydrogen-bond acceptors (Lipinski definition) is 6. The molecule has 0 aromatic heterocycles. The quantitative estimate of drug-likeness (QED) is 0.579. The van der Waals surface area contributed by atoms with E-state index in [1.807, 2.05) is 30.3 Å². The molecular weight excluding hydrogens is 429 g/mol. The molecule has 6 nitrogen and oxygen atoms in total. The van der Waals surface area contributed by atoms with Gasteiger partial charge in [0.2, 0.25) is 5.75 Å². The summed E-state index contributed by atoms with van der Waals surface area (Å²) in [6, 6.07) is 9.55. The number of halogens is 2. The third kappa shape index (κ3) is 4.72. The van der Waals surface area contributed by atoms with Crippen LogP contribution in [-0.4, -0.2) is 53.5 Å². The monoisotopic (exact) mass is 457 g/mol. The number of fused-ring (bicyclic) bond motifs is 1. The highest BCUT2D eigenvalue weighted by Crippen LogP contribution is 2.42. The topological polar surface area (TPSA) is 49.4 Å². The van der Waals surface area contributed by atoms with E-state index in [2.05, 4.69) is 19.0 Å². The Hall–Kier alpha value is -1.86. The third-order valence-electron chi connectivity index (χ3n) is 5.41. The molecule has 0 bridgehead atoms. The summed E-state index contributed by atoms with van der Waals surface area (Å²) in [6.07, 6.45) is 0.808. The van der Waals surface area contributed by atoms with Gasteiger partial charge in [-0.15, -0.1) is 12.4 Å². The van der Waals surface area contributed by atoms with Gasteiger partial charge in [0, 0.05) is 17.0 Å². The normalized spacial score (nSPS) is 17.6. The molecule has 166 valence electrons. The average Bonchev–Trinajstić information content (AvgIpc) is 2.72. The van der Waals surface area contributed by atoms with Crippen molar-refractivity contribution in [2.24, 2.45) is 0 Å². The van der Waals surface area contributed by atoms with Gasteiger partial charge in [0.05, 0.1) is 46.7 Å². The molecule has 3 rings (SSSR count). The Labute approximate surface area is 189 Å². The van der Waals surface area contributed by atoms with Gasteiger partial charge in [-0.05, 0) is 50.0 Å². The van der Waals surface area contributed by atoms with E-state index in [4.69, 9.17) is 35.3 Å². The lowest BCUT2D eigenvalue weighted by atomic mass is 9.84. The minimum absolute atomic E-state index is 0. The summed E-state index contributed by atoms with van der Waals surface area (Å²) in [6.45, 7) is 1.52. The maximum absolute atomic E-state index is 6.28. The first-order valence-corrected chi connectivity index (χ1v) is 9.80. The van der Waals surface area contributed by atoms with Gasteiger partial charge in [-0.3, -0.25) is 4.90 Å². The van der Waals surface area contributed by atoms with Gasteiger partial charge in [0.25, 0.3) is 0 Å². The van der Waals surface area contributed by atoms with Crippen LogP contribution in [0.3, 0.4) is 0 Å². The van der Waals surface area contributed by atoms with Crippen molar-refractivity contribution >= 4 is 24.0 Å². The molecule has 1 aliphatic rings. The van der Waals surface area contributed by atoms with E-state index < -0.39 is 0 Å². The molecule has 1 unspecified atom stereocenters. The van der Waals surface area contributed by atoms with Gasteiger partial charge in [-0.25, -0.2) is 0 Å². The van der Waals surface area contributed by atoms with Crippen LogP contribution in [-0.2, 0) is 16.9 Å². The molecule has 0 radical (unpaired) electrons. The van der Waals surface area contributed by atoms with Crippen LogP contribution in [0.25, 0.3) is 0 Å². The SMILES string of the molecule is COc1cc(COCC2(N(C)C)CCOc3ccc(Cl)cc32)cc(OC)c1OC.Cl. The minimum atomic E-state index is -0.320. The number of benzene rings is 2. The summed E-state index contributed by atoms with van der Waals surface area (Å²) in [4.78, 5) is 2.18. The van der Waals surface area contributed by atoms with Gasteiger partial charge in [0.1, 0.15) is 5.75 Å². The van der Waals surface area contributed by atoms with Gasteiger partial charge in [-0.1, -0.05) is 11.6 Å². The lowest BCUT2D eigenvalue weighted by Gasteiger charge is -2.43. The first kappa shape index (κ1) is 24.4. The predicted molar refractivity (Wildman–Crippen MR) is 120 cm³/mol. The van der Waals surface area contributed by atoms with E-state index >= 15 is 0 Å². The van der Waals surface area contributed by atoms with Crippen molar-refractivity contribution in [1.82, 2.24) is 4.90 Å². The molecule has 1 heterocycles. The summed E-state index contributed by atoms with van der Waals surface area (Å²) in [5.74, 6) is 2.63. The summed E-state index contributed by atoms with van der Waals surface area (Å²) in [7, 11) is 8.90. The maximum atomic E-state index is 6.28. The Morgan fingerprint density at radius 2 is 1.70 bits per heavy atom. The molecule has 0 amide bonds. The molecule has 0 N–H and O–H groups in total. The zero-order chi connectivity index (χ0) is 21.0. The molecule has 0 spiro atoms. The van der Waals surface area contributed by atoms with E-state index in [1.54, 1.807) is 21.3 Å². The fourth-order valence-electron chi connectivity index (χ4n) is 3.76. The molecule has 1 atom stereocenters. The number of rotatable bonds is 8. The fraction of sp³-hybridized carbons (Fsp3) is 0.455. The summed E-state index contributed by atoms with van der Waals surface area (Å²) in [5, 5.41) is 0.685. The second-order valence-electron chi connectivity index (χ2n) is 7.19. The molecule has 2 aromatic carbocycles.